The molecule has 0 atom stereocenters. The molecule has 0 amide bonds. The Morgan fingerprint density at radius 1 is 1.57 bits per heavy atom. The van der Waals surface area contributed by atoms with Crippen LogP contribution in [0.2, 0.25) is 0 Å². The third-order valence-corrected chi connectivity index (χ3v) is 1.57. The van der Waals surface area contributed by atoms with Crippen molar-refractivity contribution in [2.45, 2.75) is 20.8 Å². The molecule has 14 heavy (non-hydrogen) atoms. The summed E-state index contributed by atoms with van der Waals surface area (Å²) in [6.07, 6.45) is 0. The topological polar surface area (TPSA) is 16.7 Å². The molecule has 0 aliphatic rings. The van der Waals surface area contributed by atoms with Crippen LogP contribution in [0.5, 0.6) is 0 Å². The summed E-state index contributed by atoms with van der Waals surface area (Å²) < 4.78 is 0. The van der Waals surface area contributed by atoms with Gasteiger partial charge >= 0.3 is 76.5 Å². The number of thiocarbonyl (C=S) groups is 1. The zero-order valence-corrected chi connectivity index (χ0v) is 9.35. The molecule has 0 N–H and O–H groups in total. The van der Waals surface area contributed by atoms with Gasteiger partial charge in [0.15, 0.2) is 0 Å². The summed E-state index contributed by atoms with van der Waals surface area (Å²) in [4.78, 5) is 7.14. The monoisotopic (exact) mass is 202 g/mol. The van der Waals surface area contributed by atoms with Gasteiger partial charge in [0.2, 0.25) is 0 Å². The van der Waals surface area contributed by atoms with Gasteiger partial charge in [-0.3, -0.25) is 0 Å². The maximum atomic E-state index is 6.82. The van der Waals surface area contributed by atoms with Gasteiger partial charge in [0.25, 0.3) is 0 Å². The fraction of sp³-hybridized carbons (Fsp3) is 0.300. The van der Waals surface area contributed by atoms with E-state index in [0.717, 1.165) is 11.3 Å². The number of hydrogen-bond acceptors (Lipinski definition) is 2. The van der Waals surface area contributed by atoms with Crippen molar-refractivity contribution in [2.75, 3.05) is 0 Å². The molecular formula is C10H11BN2S. The quantitative estimate of drug-likeness (QED) is 0.386. The van der Waals surface area contributed by atoms with E-state index in [-0.39, 0.29) is 0 Å². The van der Waals surface area contributed by atoms with Crippen LogP contribution < -0.4 is 0 Å². The van der Waals surface area contributed by atoms with Crippen LogP contribution in [0.15, 0.2) is 17.0 Å². The second kappa shape index (κ2) is 7.14. The molecule has 0 fully saturated rings. The molecule has 0 saturated carbocycles. The first kappa shape index (κ1) is 12.7. The van der Waals surface area contributed by atoms with Crippen molar-refractivity contribution in [1.29, 1.82) is 0 Å². The SMILES string of the molecule is CC.[C-]#[N+]c1bcc(N=C=S)cc1C. The standard InChI is InChI=1S/C8H5BN2S.C2H6/c1-6-3-7(11-5-12)4-9-8(6)10-2;1-2/h3-4H,1H3;1-2H3. The van der Waals surface area contributed by atoms with Crippen LogP contribution in [0.3, 0.4) is 0 Å². The van der Waals surface area contributed by atoms with Crippen LogP contribution in [0.4, 0.5) is 11.3 Å². The Morgan fingerprint density at radius 2 is 2.21 bits per heavy atom. The number of isothiocyanates is 1. The van der Waals surface area contributed by atoms with Crippen molar-refractivity contribution in [2.24, 2.45) is 4.99 Å². The van der Waals surface area contributed by atoms with E-state index in [1.807, 2.05) is 26.8 Å². The van der Waals surface area contributed by atoms with Gasteiger partial charge in [0.1, 0.15) is 0 Å². The molecule has 0 saturated heterocycles. The summed E-state index contributed by atoms with van der Waals surface area (Å²) in [7, 11) is 0. The predicted octanol–water partition coefficient (Wildman–Crippen LogP) is 3.64. The molecule has 70 valence electrons. The van der Waals surface area contributed by atoms with E-state index in [2.05, 4.69) is 27.2 Å². The molecule has 0 radical (unpaired) electrons. The van der Waals surface area contributed by atoms with E-state index in [4.69, 9.17) is 6.57 Å². The van der Waals surface area contributed by atoms with Crippen molar-refractivity contribution in [3.63, 3.8) is 0 Å². The van der Waals surface area contributed by atoms with Gasteiger partial charge in [-0.2, -0.15) is 0 Å². The van der Waals surface area contributed by atoms with E-state index in [9.17, 15) is 0 Å². The van der Waals surface area contributed by atoms with Gasteiger partial charge < -0.3 is 0 Å². The Bertz CT molecular complexity index is 390. The van der Waals surface area contributed by atoms with Crippen LogP contribution in [0.25, 0.3) is 4.85 Å². The number of nitrogens with zero attached hydrogens (tertiary/aromatic N) is 2. The molecule has 2 nitrogen and oxygen atoms in total. The summed E-state index contributed by atoms with van der Waals surface area (Å²) in [5.41, 5.74) is 2.31. The summed E-state index contributed by atoms with van der Waals surface area (Å²) in [6, 6.07) is 1.81. The molecule has 0 spiro atoms. The Balaban J connectivity index is 0.000000791. The Morgan fingerprint density at radius 3 is 2.64 bits per heavy atom. The normalized spacial score (nSPS) is 7.29. The van der Waals surface area contributed by atoms with Gasteiger partial charge in [-0.15, -0.1) is 0 Å². The summed E-state index contributed by atoms with van der Waals surface area (Å²) in [5.74, 6) is 1.75. The van der Waals surface area contributed by atoms with Crippen LogP contribution in [-0.2, 0) is 0 Å². The van der Waals surface area contributed by atoms with E-state index < -0.39 is 0 Å². The van der Waals surface area contributed by atoms with Gasteiger partial charge in [-0.05, 0) is 0 Å². The third kappa shape index (κ3) is 3.61. The molecule has 0 aliphatic carbocycles. The minimum atomic E-state index is 0.651. The molecule has 0 unspecified atom stereocenters. The number of aliphatic imine (C=N–C) groups is 1. The first-order valence-electron chi connectivity index (χ1n) is 4.34. The Hall–Kier alpha value is -1.30. The molecule has 0 aliphatic heterocycles. The summed E-state index contributed by atoms with van der Waals surface area (Å²) in [5, 5.41) is 2.28. The molecule has 0 aromatic carbocycles. The average molecular weight is 202 g/mol. The molecule has 0 bridgehead atoms. The van der Waals surface area contributed by atoms with Gasteiger partial charge in [0.05, 0.1) is 0 Å². The molecule has 1 aromatic rings. The summed E-state index contributed by atoms with van der Waals surface area (Å²) >= 11 is 4.46. The van der Waals surface area contributed by atoms with Crippen molar-refractivity contribution >= 4 is 35.6 Å². The zero-order chi connectivity index (χ0) is 11.0. The van der Waals surface area contributed by atoms with Crippen LogP contribution in [-0.4, -0.2) is 12.1 Å². The fourth-order valence-corrected chi connectivity index (χ4v) is 0.993. The molecule has 4 heteroatoms. The van der Waals surface area contributed by atoms with Crippen molar-refractivity contribution in [3.8, 4) is 0 Å². The van der Waals surface area contributed by atoms with E-state index >= 15 is 0 Å². The Kier molecular flexibility index (Phi) is 6.48. The number of hydrogen-bond donors (Lipinski definition) is 0. The average Bonchev–Trinajstić information content (AvgIpc) is 2.22. The zero-order valence-electron chi connectivity index (χ0n) is 8.53. The van der Waals surface area contributed by atoms with E-state index in [1.165, 1.54) is 0 Å². The van der Waals surface area contributed by atoms with Gasteiger partial charge in [-0.1, -0.05) is 13.8 Å². The molecular weight excluding hydrogens is 191 g/mol. The van der Waals surface area contributed by atoms with E-state index in [1.54, 1.807) is 12.9 Å². The van der Waals surface area contributed by atoms with Gasteiger partial charge in [-0.25, -0.2) is 0 Å². The fourth-order valence-electron chi connectivity index (χ4n) is 0.887. The molecule has 1 aromatic heterocycles. The maximum absolute atomic E-state index is 6.82. The third-order valence-electron chi connectivity index (χ3n) is 1.48. The van der Waals surface area contributed by atoms with Crippen LogP contribution >= 0.6 is 12.2 Å². The van der Waals surface area contributed by atoms with Gasteiger partial charge in [0, 0.05) is 0 Å². The van der Waals surface area contributed by atoms with Crippen molar-refractivity contribution in [3.05, 3.63) is 29.0 Å². The predicted molar refractivity (Wildman–Crippen MR) is 64.8 cm³/mol. The first-order chi connectivity index (χ1) is 6.77. The number of aryl methyl sites for hydroxylation is 1. The minimum absolute atomic E-state index is 0.651. The van der Waals surface area contributed by atoms with Crippen LogP contribution in [0, 0.1) is 13.5 Å². The van der Waals surface area contributed by atoms with Crippen molar-refractivity contribution in [1.82, 2.24) is 0 Å². The second-order valence-corrected chi connectivity index (χ2v) is 2.47. The first-order valence-corrected chi connectivity index (χ1v) is 4.74. The summed E-state index contributed by atoms with van der Waals surface area (Å²) in [6.45, 7) is 14.4. The van der Waals surface area contributed by atoms with Crippen molar-refractivity contribution < 1.29 is 0 Å². The molecule has 1 heterocycles. The van der Waals surface area contributed by atoms with Crippen LogP contribution in [0.1, 0.15) is 19.4 Å². The second-order valence-electron chi connectivity index (χ2n) is 2.29. The Labute approximate surface area is 90.7 Å². The van der Waals surface area contributed by atoms with E-state index in [0.29, 0.717) is 5.58 Å². The number of rotatable bonds is 1. The molecule has 1 rings (SSSR count).